The highest BCUT2D eigenvalue weighted by Crippen LogP contribution is 2.15. The number of rotatable bonds is 0. The van der Waals surface area contributed by atoms with Gasteiger partial charge in [0.15, 0.2) is 0 Å². The molecule has 1 aliphatic heterocycles. The van der Waals surface area contributed by atoms with Crippen molar-refractivity contribution in [3.05, 3.63) is 12.0 Å². The Bertz CT molecular complexity index is 148. The van der Waals surface area contributed by atoms with Gasteiger partial charge >= 0.3 is 5.97 Å². The van der Waals surface area contributed by atoms with Crippen LogP contribution in [0.25, 0.3) is 0 Å². The lowest BCUT2D eigenvalue weighted by Crippen LogP contribution is -2.05. The molecule has 3 nitrogen and oxygen atoms in total. The molecule has 1 rings (SSSR count). The first-order chi connectivity index (χ1) is 3.72. The van der Waals surface area contributed by atoms with Crippen LogP contribution in [-0.2, 0) is 9.53 Å². The fraction of sp³-hybridized carbons (Fsp3) is 0.400. The van der Waals surface area contributed by atoms with E-state index in [1.165, 1.54) is 0 Å². The van der Waals surface area contributed by atoms with Crippen LogP contribution in [0.1, 0.15) is 6.92 Å². The summed E-state index contributed by atoms with van der Waals surface area (Å²) < 4.78 is 4.33. The van der Waals surface area contributed by atoms with Gasteiger partial charge in [-0.3, -0.25) is 4.79 Å². The monoisotopic (exact) mass is 114 g/mol. The van der Waals surface area contributed by atoms with E-state index in [2.05, 4.69) is 4.74 Å². The molecule has 0 fully saturated rings. The molecule has 0 radical (unpaired) electrons. The Balaban J connectivity index is 2.72. The number of carbonyl (C=O) groups is 1. The normalized spacial score (nSPS) is 27.4. The minimum atomic E-state index is -0.463. The molecule has 1 aliphatic rings. The van der Waals surface area contributed by atoms with Gasteiger partial charge in [0.05, 0.1) is 0 Å². The summed E-state index contributed by atoms with van der Waals surface area (Å²) in [5, 5.41) is 8.68. The van der Waals surface area contributed by atoms with Gasteiger partial charge < -0.3 is 9.84 Å². The van der Waals surface area contributed by atoms with Crippen LogP contribution in [0.4, 0.5) is 0 Å². The predicted octanol–water partition coefficient (Wildman–Crippen LogP) is 0.579. The zero-order valence-corrected chi connectivity index (χ0v) is 4.42. The Labute approximate surface area is 46.6 Å². The number of ether oxygens (including phenoxy) is 1. The summed E-state index contributed by atoms with van der Waals surface area (Å²) in [7, 11) is 0. The lowest BCUT2D eigenvalue weighted by Gasteiger charge is -1.93. The molecular formula is C5H6O3. The standard InChI is InChI=1S/C5H6O3/c1-3-4(6)2-8-5(3)7/h2-3,6H,1H3. The lowest BCUT2D eigenvalue weighted by atomic mass is 10.2. The summed E-state index contributed by atoms with van der Waals surface area (Å²) in [6, 6.07) is 0. The van der Waals surface area contributed by atoms with Gasteiger partial charge in [-0.05, 0) is 6.92 Å². The van der Waals surface area contributed by atoms with E-state index >= 15 is 0 Å². The molecule has 0 aromatic rings. The molecule has 0 spiro atoms. The molecule has 1 N–H and O–H groups in total. The highest BCUT2D eigenvalue weighted by molar-refractivity contribution is 5.77. The van der Waals surface area contributed by atoms with E-state index in [1.807, 2.05) is 0 Å². The van der Waals surface area contributed by atoms with E-state index in [0.717, 1.165) is 6.26 Å². The van der Waals surface area contributed by atoms with Crippen molar-refractivity contribution in [1.82, 2.24) is 0 Å². The highest BCUT2D eigenvalue weighted by Gasteiger charge is 2.24. The summed E-state index contributed by atoms with van der Waals surface area (Å²) in [5.74, 6) is -0.840. The van der Waals surface area contributed by atoms with Crippen LogP contribution in [0.2, 0.25) is 0 Å². The predicted molar refractivity (Wildman–Crippen MR) is 26.0 cm³/mol. The number of esters is 1. The second kappa shape index (κ2) is 1.51. The highest BCUT2D eigenvalue weighted by atomic mass is 16.5. The third-order valence-corrected chi connectivity index (χ3v) is 1.09. The number of carbonyl (C=O) groups excluding carboxylic acids is 1. The van der Waals surface area contributed by atoms with E-state index < -0.39 is 5.92 Å². The third-order valence-electron chi connectivity index (χ3n) is 1.09. The number of cyclic esters (lactones) is 1. The third kappa shape index (κ3) is 0.559. The fourth-order valence-electron chi connectivity index (χ4n) is 0.443. The maximum atomic E-state index is 10.4. The van der Waals surface area contributed by atoms with E-state index in [1.54, 1.807) is 6.92 Å². The zero-order chi connectivity index (χ0) is 6.15. The van der Waals surface area contributed by atoms with E-state index in [-0.39, 0.29) is 11.7 Å². The first kappa shape index (κ1) is 5.15. The van der Waals surface area contributed by atoms with Crippen LogP contribution < -0.4 is 0 Å². The Morgan fingerprint density at radius 1 is 1.88 bits per heavy atom. The van der Waals surface area contributed by atoms with E-state index in [4.69, 9.17) is 5.11 Å². The molecule has 0 saturated carbocycles. The van der Waals surface area contributed by atoms with Crippen molar-refractivity contribution >= 4 is 5.97 Å². The second-order valence-corrected chi connectivity index (χ2v) is 1.70. The lowest BCUT2D eigenvalue weighted by molar-refractivity contribution is -0.138. The van der Waals surface area contributed by atoms with Crippen molar-refractivity contribution in [3.8, 4) is 0 Å². The quantitative estimate of drug-likeness (QED) is 0.468. The number of aliphatic hydroxyl groups is 1. The zero-order valence-electron chi connectivity index (χ0n) is 4.42. The largest absolute Gasteiger partial charge is 0.508 e. The number of aliphatic hydroxyl groups excluding tert-OH is 1. The van der Waals surface area contributed by atoms with Gasteiger partial charge in [0.2, 0.25) is 0 Å². The van der Waals surface area contributed by atoms with Gasteiger partial charge in [0.1, 0.15) is 17.9 Å². The molecule has 1 atom stereocenters. The van der Waals surface area contributed by atoms with Gasteiger partial charge in [-0.1, -0.05) is 0 Å². The van der Waals surface area contributed by atoms with Gasteiger partial charge in [0.25, 0.3) is 0 Å². The molecule has 8 heavy (non-hydrogen) atoms. The molecule has 3 heteroatoms. The molecule has 1 unspecified atom stereocenters. The smallest absolute Gasteiger partial charge is 0.321 e. The van der Waals surface area contributed by atoms with Crippen molar-refractivity contribution in [1.29, 1.82) is 0 Å². The maximum absolute atomic E-state index is 10.4. The molecule has 0 aliphatic carbocycles. The minimum absolute atomic E-state index is 0.00926. The average Bonchev–Trinajstić information content (AvgIpc) is 1.98. The second-order valence-electron chi connectivity index (χ2n) is 1.70. The van der Waals surface area contributed by atoms with Crippen molar-refractivity contribution in [2.45, 2.75) is 6.92 Å². The minimum Gasteiger partial charge on any atom is -0.508 e. The molecule has 44 valence electrons. The first-order valence-electron chi connectivity index (χ1n) is 2.31. The summed E-state index contributed by atoms with van der Waals surface area (Å²) in [4.78, 5) is 10.4. The summed E-state index contributed by atoms with van der Waals surface area (Å²) >= 11 is 0. The van der Waals surface area contributed by atoms with Crippen molar-refractivity contribution in [2.24, 2.45) is 5.92 Å². The van der Waals surface area contributed by atoms with Crippen LogP contribution in [0.15, 0.2) is 12.0 Å². The molecular weight excluding hydrogens is 108 g/mol. The van der Waals surface area contributed by atoms with E-state index in [0.29, 0.717) is 0 Å². The van der Waals surface area contributed by atoms with Crippen LogP contribution in [-0.4, -0.2) is 11.1 Å². The summed E-state index contributed by atoms with van der Waals surface area (Å²) in [5.41, 5.74) is 0. The molecule has 0 saturated heterocycles. The maximum Gasteiger partial charge on any atom is 0.321 e. The van der Waals surface area contributed by atoms with Crippen molar-refractivity contribution in [3.63, 3.8) is 0 Å². The van der Waals surface area contributed by atoms with Gasteiger partial charge in [-0.2, -0.15) is 0 Å². The van der Waals surface area contributed by atoms with Crippen LogP contribution >= 0.6 is 0 Å². The van der Waals surface area contributed by atoms with Crippen LogP contribution in [0, 0.1) is 5.92 Å². The van der Waals surface area contributed by atoms with Gasteiger partial charge in [-0.15, -0.1) is 0 Å². The SMILES string of the molecule is CC1C(=O)OC=C1O. The van der Waals surface area contributed by atoms with Crippen molar-refractivity contribution < 1.29 is 14.6 Å². The molecule has 0 aromatic heterocycles. The Hall–Kier alpha value is -0.990. The fourth-order valence-corrected chi connectivity index (χ4v) is 0.443. The van der Waals surface area contributed by atoms with Crippen LogP contribution in [0.3, 0.4) is 0 Å². The Morgan fingerprint density at radius 3 is 2.62 bits per heavy atom. The molecule has 1 heterocycles. The number of hydrogen-bond acceptors (Lipinski definition) is 3. The van der Waals surface area contributed by atoms with Crippen LogP contribution in [0.5, 0.6) is 0 Å². The number of hydrogen-bond donors (Lipinski definition) is 1. The molecule has 0 amide bonds. The van der Waals surface area contributed by atoms with Gasteiger partial charge in [-0.25, -0.2) is 0 Å². The summed E-state index contributed by atoms with van der Waals surface area (Å²) in [6.45, 7) is 1.58. The topological polar surface area (TPSA) is 46.5 Å². The average molecular weight is 114 g/mol. The first-order valence-corrected chi connectivity index (χ1v) is 2.31. The Kier molecular flexibility index (Phi) is 0.970. The van der Waals surface area contributed by atoms with Crippen molar-refractivity contribution in [2.75, 3.05) is 0 Å². The van der Waals surface area contributed by atoms with Gasteiger partial charge in [0, 0.05) is 0 Å². The molecule has 0 aromatic carbocycles. The summed E-state index contributed by atoms with van der Waals surface area (Å²) in [6.07, 6.45) is 1.06. The Morgan fingerprint density at radius 2 is 2.50 bits per heavy atom. The van der Waals surface area contributed by atoms with E-state index in [9.17, 15) is 4.79 Å². The molecule has 0 bridgehead atoms.